The van der Waals surface area contributed by atoms with E-state index >= 15 is 0 Å². The van der Waals surface area contributed by atoms with Crippen LogP contribution in [-0.4, -0.2) is 23.1 Å². The first-order valence-electron chi connectivity index (χ1n) is 5.57. The maximum Gasteiger partial charge on any atom is 1.00 e. The molecule has 1 amide bonds. The van der Waals surface area contributed by atoms with Crippen molar-refractivity contribution in [2.75, 3.05) is 6.54 Å². The largest absolute Gasteiger partial charge is 1.00 e. The number of allylic oxidation sites excluding steroid dienone is 1. The third kappa shape index (κ3) is 6.25. The van der Waals surface area contributed by atoms with Gasteiger partial charge in [0.05, 0.1) is 5.60 Å². The van der Waals surface area contributed by atoms with Crippen LogP contribution >= 0.6 is 0 Å². The summed E-state index contributed by atoms with van der Waals surface area (Å²) in [5.74, 6) is 0. The van der Waals surface area contributed by atoms with Gasteiger partial charge >= 0.3 is 18.9 Å². The summed E-state index contributed by atoms with van der Waals surface area (Å²) >= 11 is 0. The van der Waals surface area contributed by atoms with Crippen LogP contribution in [0.15, 0.2) is 6.08 Å². The van der Waals surface area contributed by atoms with Gasteiger partial charge in [0.25, 0.3) is 0 Å². The molecule has 0 unspecified atom stereocenters. The number of amides is 1. The van der Waals surface area contributed by atoms with E-state index in [1.165, 1.54) is 6.42 Å². The van der Waals surface area contributed by atoms with Gasteiger partial charge in [0.2, 0.25) is 6.09 Å². The van der Waals surface area contributed by atoms with Gasteiger partial charge in [-0.15, -0.1) is 0 Å². The van der Waals surface area contributed by atoms with E-state index in [2.05, 4.69) is 6.20 Å². The van der Waals surface area contributed by atoms with Gasteiger partial charge in [-0.3, -0.25) is 0 Å². The van der Waals surface area contributed by atoms with Crippen molar-refractivity contribution in [3.8, 4) is 0 Å². The van der Waals surface area contributed by atoms with Crippen LogP contribution in [0.4, 0.5) is 4.79 Å². The molecule has 0 aromatic heterocycles. The Morgan fingerprint density at radius 2 is 2.00 bits per heavy atom. The molecule has 0 aromatic carbocycles. The SMILES string of the molecule is CC(C)(C)OC(=O)N1[C-]=CCCCCC1.[Li+]. The number of hydrogen-bond donors (Lipinski definition) is 0. The first-order chi connectivity index (χ1) is 6.99. The monoisotopic (exact) mass is 217 g/mol. The maximum absolute atomic E-state index is 11.7. The molecule has 3 nitrogen and oxygen atoms in total. The molecule has 0 aromatic rings. The normalized spacial score (nSPS) is 17.1. The molecule has 0 spiro atoms. The van der Waals surface area contributed by atoms with Crippen molar-refractivity contribution in [3.05, 3.63) is 12.3 Å². The maximum atomic E-state index is 11.7. The van der Waals surface area contributed by atoms with Gasteiger partial charge in [-0.25, -0.2) is 0 Å². The van der Waals surface area contributed by atoms with Crippen LogP contribution in [-0.2, 0) is 4.74 Å². The summed E-state index contributed by atoms with van der Waals surface area (Å²) in [6, 6.07) is 0. The number of carbonyl (C=O) groups is 1. The van der Waals surface area contributed by atoms with Crippen molar-refractivity contribution >= 4 is 6.09 Å². The van der Waals surface area contributed by atoms with Crippen molar-refractivity contribution < 1.29 is 28.4 Å². The molecule has 0 aliphatic carbocycles. The number of ether oxygens (including phenoxy) is 1. The van der Waals surface area contributed by atoms with Gasteiger partial charge in [0.15, 0.2) is 0 Å². The van der Waals surface area contributed by atoms with E-state index in [1.54, 1.807) is 4.90 Å². The zero-order valence-electron chi connectivity index (χ0n) is 10.9. The standard InChI is InChI=1S/C12H20NO2.Li/c1-12(2,3)15-11(14)13-9-7-5-4-6-8-10-13;/h7H,4-6,8,10H2,1-3H3;/q-1;+1. The Morgan fingerprint density at radius 1 is 1.31 bits per heavy atom. The molecule has 0 fully saturated rings. The Kier molecular flexibility index (Phi) is 6.86. The zero-order valence-corrected chi connectivity index (χ0v) is 10.9. The predicted octanol–water partition coefficient (Wildman–Crippen LogP) is 0.118. The third-order valence-corrected chi connectivity index (χ3v) is 2.09. The van der Waals surface area contributed by atoms with Crippen LogP contribution in [0.25, 0.3) is 0 Å². The van der Waals surface area contributed by atoms with Gasteiger partial charge < -0.3 is 14.4 Å². The van der Waals surface area contributed by atoms with Gasteiger partial charge in [-0.1, -0.05) is 19.3 Å². The molecule has 1 heterocycles. The minimum Gasteiger partial charge on any atom is -0.530 e. The third-order valence-electron chi connectivity index (χ3n) is 2.09. The Labute approximate surface area is 110 Å². The van der Waals surface area contributed by atoms with Crippen LogP contribution in [0.5, 0.6) is 0 Å². The minimum atomic E-state index is -0.429. The number of carbonyl (C=O) groups excluding carboxylic acids is 1. The average molecular weight is 217 g/mol. The molecule has 0 saturated carbocycles. The molecule has 4 heteroatoms. The van der Waals surface area contributed by atoms with Gasteiger partial charge in [-0.05, 0) is 33.7 Å². The first-order valence-corrected chi connectivity index (χ1v) is 5.57. The molecule has 0 bridgehead atoms. The smallest absolute Gasteiger partial charge is 0.530 e. The van der Waals surface area contributed by atoms with E-state index in [9.17, 15) is 4.79 Å². The fourth-order valence-electron chi connectivity index (χ4n) is 1.39. The fraction of sp³-hybridized carbons (Fsp3) is 0.750. The van der Waals surface area contributed by atoms with Gasteiger partial charge in [-0.2, -0.15) is 12.3 Å². The Balaban J connectivity index is 0.00000225. The summed E-state index contributed by atoms with van der Waals surface area (Å²) in [7, 11) is 0. The molecule has 16 heavy (non-hydrogen) atoms. The Hall–Kier alpha value is -0.393. The molecule has 86 valence electrons. The van der Waals surface area contributed by atoms with E-state index in [0.717, 1.165) is 19.3 Å². The topological polar surface area (TPSA) is 29.5 Å². The second-order valence-corrected chi connectivity index (χ2v) is 4.81. The summed E-state index contributed by atoms with van der Waals surface area (Å²) in [6.07, 6.45) is 8.99. The summed E-state index contributed by atoms with van der Waals surface area (Å²) in [5.41, 5.74) is -0.429. The predicted molar refractivity (Wildman–Crippen MR) is 59.2 cm³/mol. The molecule has 0 atom stereocenters. The van der Waals surface area contributed by atoms with Crippen molar-refractivity contribution in [2.45, 2.75) is 52.1 Å². The molecular weight excluding hydrogens is 197 g/mol. The molecule has 1 aliphatic heterocycles. The van der Waals surface area contributed by atoms with Crippen LogP contribution in [0.1, 0.15) is 46.5 Å². The molecule has 0 saturated heterocycles. The molecule has 1 aliphatic rings. The molecular formula is C12H20LiNO2. The van der Waals surface area contributed by atoms with Crippen molar-refractivity contribution in [1.29, 1.82) is 0 Å². The van der Waals surface area contributed by atoms with Crippen LogP contribution in [0, 0.1) is 6.20 Å². The van der Waals surface area contributed by atoms with E-state index < -0.39 is 5.60 Å². The Bertz CT molecular complexity index is 246. The van der Waals surface area contributed by atoms with Crippen molar-refractivity contribution in [3.63, 3.8) is 0 Å². The first kappa shape index (κ1) is 15.6. The summed E-state index contributed by atoms with van der Waals surface area (Å²) in [4.78, 5) is 13.2. The fourth-order valence-corrected chi connectivity index (χ4v) is 1.39. The van der Waals surface area contributed by atoms with E-state index in [-0.39, 0.29) is 25.0 Å². The van der Waals surface area contributed by atoms with Crippen LogP contribution in [0.3, 0.4) is 0 Å². The number of hydrogen-bond acceptors (Lipinski definition) is 2. The molecule has 1 rings (SSSR count). The quantitative estimate of drug-likeness (QED) is 0.426. The average Bonchev–Trinajstić information content (AvgIpc) is 1.98. The molecule has 0 radical (unpaired) electrons. The van der Waals surface area contributed by atoms with Gasteiger partial charge in [0.1, 0.15) is 0 Å². The summed E-state index contributed by atoms with van der Waals surface area (Å²) < 4.78 is 5.28. The summed E-state index contributed by atoms with van der Waals surface area (Å²) in [5, 5.41) is 0. The number of nitrogens with zero attached hydrogens (tertiary/aromatic N) is 1. The number of rotatable bonds is 0. The van der Waals surface area contributed by atoms with E-state index in [1.807, 2.05) is 26.8 Å². The minimum absolute atomic E-state index is 0. The van der Waals surface area contributed by atoms with Crippen LogP contribution in [0.2, 0.25) is 0 Å². The Morgan fingerprint density at radius 3 is 2.62 bits per heavy atom. The van der Waals surface area contributed by atoms with E-state index in [0.29, 0.717) is 6.54 Å². The second-order valence-electron chi connectivity index (χ2n) is 4.81. The molecule has 0 N–H and O–H groups in total. The second kappa shape index (κ2) is 7.04. The van der Waals surface area contributed by atoms with E-state index in [4.69, 9.17) is 4.74 Å². The van der Waals surface area contributed by atoms with Crippen molar-refractivity contribution in [2.24, 2.45) is 0 Å². The van der Waals surface area contributed by atoms with Crippen molar-refractivity contribution in [1.82, 2.24) is 4.90 Å². The summed E-state index contributed by atoms with van der Waals surface area (Å²) in [6.45, 7) is 6.33. The zero-order chi connectivity index (χ0) is 11.3. The van der Waals surface area contributed by atoms with Gasteiger partial charge in [0, 0.05) is 0 Å². The van der Waals surface area contributed by atoms with Crippen LogP contribution < -0.4 is 18.9 Å².